The van der Waals surface area contributed by atoms with Gasteiger partial charge in [0, 0.05) is 16.6 Å². The number of likely N-dealkylation sites (tertiary alicyclic amines) is 1. The van der Waals surface area contributed by atoms with E-state index in [1.54, 1.807) is 35.6 Å². The zero-order valence-electron chi connectivity index (χ0n) is 19.7. The van der Waals surface area contributed by atoms with Gasteiger partial charge in [0.05, 0.1) is 17.6 Å². The van der Waals surface area contributed by atoms with Crippen LogP contribution in [0.1, 0.15) is 32.6 Å². The molecule has 1 aromatic heterocycles. The third-order valence-electron chi connectivity index (χ3n) is 6.88. The first-order chi connectivity index (χ1) is 16.6. The Morgan fingerprint density at radius 1 is 0.971 bits per heavy atom. The number of aromatic hydroxyl groups is 2. The van der Waals surface area contributed by atoms with Crippen LogP contribution in [0.15, 0.2) is 54.6 Å². The van der Waals surface area contributed by atoms with Crippen molar-refractivity contribution < 1.29 is 19.7 Å². The molecule has 3 unspecified atom stereocenters. The molecule has 1 saturated heterocycles. The topological polar surface area (TPSA) is 62.2 Å². The number of hydrogen-bond acceptors (Lipinski definition) is 6. The third-order valence-corrected chi connectivity index (χ3v) is 8.06. The fourth-order valence-corrected chi connectivity index (χ4v) is 6.09. The lowest BCUT2D eigenvalue weighted by molar-refractivity contribution is 0.0305. The molecule has 1 aliphatic carbocycles. The fraction of sp³-hybridized carbons (Fsp3) is 0.429. The maximum Gasteiger partial charge on any atom is 0.146 e. The quantitative estimate of drug-likeness (QED) is 0.396. The fourth-order valence-electron chi connectivity index (χ4n) is 4.92. The molecule has 0 saturated carbocycles. The Balaban J connectivity index is 1.31. The molecule has 5 rings (SSSR count). The lowest BCUT2D eigenvalue weighted by Crippen LogP contribution is -2.35. The Bertz CT molecular complexity index is 1130. The number of fused-ring (bicyclic) bond motifs is 1. The molecule has 5 nitrogen and oxygen atoms in total. The summed E-state index contributed by atoms with van der Waals surface area (Å²) in [6, 6.07) is 12.6. The van der Waals surface area contributed by atoms with E-state index in [0.29, 0.717) is 5.92 Å². The van der Waals surface area contributed by atoms with Crippen LogP contribution in [0.5, 0.6) is 17.2 Å². The molecule has 3 atom stereocenters. The van der Waals surface area contributed by atoms with Gasteiger partial charge in [0.15, 0.2) is 0 Å². The van der Waals surface area contributed by atoms with Crippen molar-refractivity contribution in [3.63, 3.8) is 0 Å². The lowest BCUT2D eigenvalue weighted by Gasteiger charge is -2.31. The van der Waals surface area contributed by atoms with Gasteiger partial charge in [-0.3, -0.25) is 0 Å². The predicted octanol–water partition coefficient (Wildman–Crippen LogP) is 6.19. The van der Waals surface area contributed by atoms with E-state index in [9.17, 15) is 10.2 Å². The number of thiophene rings is 1. The zero-order valence-corrected chi connectivity index (χ0v) is 20.5. The molecule has 6 heteroatoms. The van der Waals surface area contributed by atoms with Gasteiger partial charge in [0.1, 0.15) is 23.4 Å². The van der Waals surface area contributed by atoms with E-state index in [2.05, 4.69) is 24.0 Å². The van der Waals surface area contributed by atoms with Crippen LogP contribution < -0.4 is 4.74 Å². The van der Waals surface area contributed by atoms with Crippen molar-refractivity contribution in [1.29, 1.82) is 0 Å². The number of phenolic OH excluding ortho intramolecular Hbond substituents is 2. The highest BCUT2D eigenvalue weighted by molar-refractivity contribution is 7.22. The molecule has 2 heterocycles. The minimum atomic E-state index is -0.0515. The SMILES string of the molecule is CC1CC(OCCN2CCCCC2)C=CC1Oc1c(-c2ccc(O)cc2)sc2cc(O)ccc12. The van der Waals surface area contributed by atoms with Gasteiger partial charge in [0.2, 0.25) is 0 Å². The van der Waals surface area contributed by atoms with Gasteiger partial charge >= 0.3 is 0 Å². The molecule has 0 bridgehead atoms. The largest absolute Gasteiger partial charge is 0.508 e. The van der Waals surface area contributed by atoms with Crippen molar-refractivity contribution in [3.8, 4) is 27.7 Å². The van der Waals surface area contributed by atoms with Gasteiger partial charge in [-0.25, -0.2) is 0 Å². The van der Waals surface area contributed by atoms with Crippen molar-refractivity contribution in [2.24, 2.45) is 5.92 Å². The van der Waals surface area contributed by atoms with Gasteiger partial charge < -0.3 is 24.6 Å². The van der Waals surface area contributed by atoms with E-state index < -0.39 is 0 Å². The first-order valence-corrected chi connectivity index (χ1v) is 13.1. The number of hydrogen-bond donors (Lipinski definition) is 2. The highest BCUT2D eigenvalue weighted by atomic mass is 32.1. The number of benzene rings is 2. The highest BCUT2D eigenvalue weighted by Crippen LogP contribution is 2.46. The van der Waals surface area contributed by atoms with Crippen LogP contribution in [0.3, 0.4) is 0 Å². The molecular weight excluding hydrogens is 446 g/mol. The summed E-state index contributed by atoms with van der Waals surface area (Å²) in [7, 11) is 0. The summed E-state index contributed by atoms with van der Waals surface area (Å²) < 4.78 is 13.8. The molecule has 2 N–H and O–H groups in total. The minimum absolute atomic E-state index is 0.0515. The third kappa shape index (κ3) is 5.24. The monoisotopic (exact) mass is 479 g/mol. The normalized spacial score (nSPS) is 23.4. The first kappa shape index (κ1) is 23.2. The van der Waals surface area contributed by atoms with Crippen LogP contribution in [-0.2, 0) is 4.74 Å². The molecule has 0 amide bonds. The standard InChI is InChI=1S/C28H33NO4S/c1-19-17-23(32-16-15-29-13-3-2-4-14-29)10-12-25(19)33-27-24-11-9-22(31)18-26(24)34-28(27)20-5-7-21(30)8-6-20/h5-12,18-19,23,25,30-31H,2-4,13-17H2,1H3. The van der Waals surface area contributed by atoms with Crippen molar-refractivity contribution in [3.05, 3.63) is 54.6 Å². The van der Waals surface area contributed by atoms with Crippen molar-refractivity contribution >= 4 is 21.4 Å². The summed E-state index contributed by atoms with van der Waals surface area (Å²) in [4.78, 5) is 3.51. The van der Waals surface area contributed by atoms with E-state index in [0.717, 1.165) is 45.8 Å². The number of rotatable bonds is 7. The maximum atomic E-state index is 9.99. The van der Waals surface area contributed by atoms with Crippen LogP contribution in [0, 0.1) is 5.92 Å². The molecule has 2 aromatic carbocycles. The second kappa shape index (κ2) is 10.4. The molecule has 1 aliphatic heterocycles. The molecule has 180 valence electrons. The summed E-state index contributed by atoms with van der Waals surface area (Å²) in [5, 5.41) is 20.7. The lowest BCUT2D eigenvalue weighted by atomic mass is 9.91. The van der Waals surface area contributed by atoms with Gasteiger partial charge in [0.25, 0.3) is 0 Å². The van der Waals surface area contributed by atoms with Gasteiger partial charge in [-0.05, 0) is 92.4 Å². The maximum absolute atomic E-state index is 9.99. The predicted molar refractivity (Wildman–Crippen MR) is 138 cm³/mol. The summed E-state index contributed by atoms with van der Waals surface area (Å²) in [6.07, 6.45) is 9.28. The number of nitrogens with zero attached hydrogens (tertiary/aromatic N) is 1. The minimum Gasteiger partial charge on any atom is -0.508 e. The van der Waals surface area contributed by atoms with Crippen LogP contribution in [0.2, 0.25) is 0 Å². The van der Waals surface area contributed by atoms with Crippen LogP contribution >= 0.6 is 11.3 Å². The summed E-state index contributed by atoms with van der Waals surface area (Å²) in [5.41, 5.74) is 0.986. The van der Waals surface area contributed by atoms with E-state index >= 15 is 0 Å². The Kier molecular flexibility index (Phi) is 7.09. The highest BCUT2D eigenvalue weighted by Gasteiger charge is 2.27. The van der Waals surface area contributed by atoms with Gasteiger partial charge in [-0.1, -0.05) is 19.4 Å². The summed E-state index contributed by atoms with van der Waals surface area (Å²) in [6.45, 7) is 6.41. The average molecular weight is 480 g/mol. The van der Waals surface area contributed by atoms with E-state index in [4.69, 9.17) is 9.47 Å². The Morgan fingerprint density at radius 3 is 2.50 bits per heavy atom. The summed E-state index contributed by atoms with van der Waals surface area (Å²) >= 11 is 1.59. The van der Waals surface area contributed by atoms with Gasteiger partial charge in [-0.2, -0.15) is 0 Å². The smallest absolute Gasteiger partial charge is 0.146 e. The number of ether oxygens (including phenoxy) is 2. The van der Waals surface area contributed by atoms with Crippen LogP contribution in [0.4, 0.5) is 0 Å². The molecule has 34 heavy (non-hydrogen) atoms. The number of piperidine rings is 1. The van der Waals surface area contributed by atoms with Crippen molar-refractivity contribution in [1.82, 2.24) is 4.90 Å². The zero-order chi connectivity index (χ0) is 23.5. The second-order valence-corrected chi connectivity index (χ2v) is 10.5. The Hall–Kier alpha value is -2.54. The Morgan fingerprint density at radius 2 is 1.74 bits per heavy atom. The van der Waals surface area contributed by atoms with E-state index in [1.165, 1.54) is 32.4 Å². The first-order valence-electron chi connectivity index (χ1n) is 12.3. The molecular formula is C28H33NO4S. The molecule has 0 spiro atoms. The number of phenols is 2. The molecule has 3 aromatic rings. The van der Waals surface area contributed by atoms with E-state index in [-0.39, 0.29) is 23.7 Å². The second-order valence-electron chi connectivity index (χ2n) is 9.48. The van der Waals surface area contributed by atoms with Crippen molar-refractivity contribution in [2.45, 2.75) is 44.8 Å². The average Bonchev–Trinajstić information content (AvgIpc) is 3.19. The molecule has 1 fully saturated rings. The molecule has 0 radical (unpaired) electrons. The van der Waals surface area contributed by atoms with E-state index in [1.807, 2.05) is 18.2 Å². The molecule has 2 aliphatic rings. The summed E-state index contributed by atoms with van der Waals surface area (Å²) in [5.74, 6) is 1.62. The van der Waals surface area contributed by atoms with Crippen molar-refractivity contribution in [2.75, 3.05) is 26.2 Å². The van der Waals surface area contributed by atoms with Gasteiger partial charge in [-0.15, -0.1) is 11.3 Å². The van der Waals surface area contributed by atoms with Crippen LogP contribution in [0.25, 0.3) is 20.5 Å². The Labute approximate surface area is 205 Å². The van der Waals surface area contributed by atoms with Crippen LogP contribution in [-0.4, -0.2) is 53.6 Å².